The number of hydrogen-bond acceptors (Lipinski definition) is 4. The summed E-state index contributed by atoms with van der Waals surface area (Å²) in [4.78, 5) is 11.5. The molecule has 1 saturated carbocycles. The van der Waals surface area contributed by atoms with Gasteiger partial charge in [-0.1, -0.05) is 45.0 Å². The Labute approximate surface area is 144 Å². The van der Waals surface area contributed by atoms with Crippen molar-refractivity contribution < 1.29 is 19.7 Å². The van der Waals surface area contributed by atoms with Crippen LogP contribution in [0.25, 0.3) is 0 Å². The Hall–Kier alpha value is -1.39. The van der Waals surface area contributed by atoms with E-state index in [1.54, 1.807) is 6.92 Å². The molecule has 1 aliphatic carbocycles. The van der Waals surface area contributed by atoms with Gasteiger partial charge in [0.15, 0.2) is 0 Å². The molecule has 1 unspecified atom stereocenters. The van der Waals surface area contributed by atoms with Crippen LogP contribution in [0.3, 0.4) is 0 Å². The molecule has 4 nitrogen and oxygen atoms in total. The third-order valence-electron chi connectivity index (χ3n) is 5.27. The molecule has 0 radical (unpaired) electrons. The summed E-state index contributed by atoms with van der Waals surface area (Å²) in [7, 11) is 0. The van der Waals surface area contributed by atoms with Gasteiger partial charge in [-0.15, -0.1) is 0 Å². The minimum Gasteiger partial charge on any atom is -0.466 e. The first kappa shape index (κ1) is 18.9. The van der Waals surface area contributed by atoms with Gasteiger partial charge >= 0.3 is 5.97 Å². The van der Waals surface area contributed by atoms with Crippen LogP contribution in [0.4, 0.5) is 0 Å². The molecule has 1 fully saturated rings. The van der Waals surface area contributed by atoms with Crippen molar-refractivity contribution >= 4 is 5.97 Å². The molecule has 24 heavy (non-hydrogen) atoms. The topological polar surface area (TPSA) is 66.8 Å². The highest BCUT2D eigenvalue weighted by Crippen LogP contribution is 2.45. The Bertz CT molecular complexity index is 558. The molecule has 0 amide bonds. The molecule has 0 spiro atoms. The average Bonchev–Trinajstić information content (AvgIpc) is 2.50. The Morgan fingerprint density at radius 3 is 2.42 bits per heavy atom. The van der Waals surface area contributed by atoms with Crippen LogP contribution in [0, 0.1) is 11.3 Å². The zero-order valence-electron chi connectivity index (χ0n) is 15.2. The van der Waals surface area contributed by atoms with Crippen molar-refractivity contribution in [3.05, 3.63) is 35.4 Å². The summed E-state index contributed by atoms with van der Waals surface area (Å²) in [5.41, 5.74) is 0.490. The van der Waals surface area contributed by atoms with Gasteiger partial charge in [0.1, 0.15) is 5.60 Å². The SMILES string of the molecule is CCOC(=O)Cc1ccc([C@]2(O)CCC(C(C)(C)C)C[C@H]2O)cc1. The molecule has 0 heterocycles. The molecule has 1 aromatic rings. The molecule has 0 saturated heterocycles. The van der Waals surface area contributed by atoms with Crippen LogP contribution < -0.4 is 0 Å². The second-order valence-corrected chi connectivity index (χ2v) is 7.96. The molecule has 4 heteroatoms. The van der Waals surface area contributed by atoms with E-state index in [1.807, 2.05) is 24.3 Å². The maximum atomic E-state index is 11.5. The van der Waals surface area contributed by atoms with Crippen LogP contribution >= 0.6 is 0 Å². The van der Waals surface area contributed by atoms with Gasteiger partial charge in [0.05, 0.1) is 19.1 Å². The summed E-state index contributed by atoms with van der Waals surface area (Å²) >= 11 is 0. The molecule has 1 aliphatic rings. The summed E-state index contributed by atoms with van der Waals surface area (Å²) in [5, 5.41) is 21.6. The molecule has 0 aliphatic heterocycles. The number of carbonyl (C=O) groups is 1. The second-order valence-electron chi connectivity index (χ2n) is 7.96. The maximum Gasteiger partial charge on any atom is 0.310 e. The van der Waals surface area contributed by atoms with Crippen molar-refractivity contribution in [3.8, 4) is 0 Å². The van der Waals surface area contributed by atoms with Gasteiger partial charge in [0, 0.05) is 0 Å². The summed E-state index contributed by atoms with van der Waals surface area (Å²) in [6.45, 7) is 8.69. The number of carbonyl (C=O) groups excluding carboxylic acids is 1. The van der Waals surface area contributed by atoms with Crippen molar-refractivity contribution in [1.29, 1.82) is 0 Å². The van der Waals surface area contributed by atoms with E-state index in [1.165, 1.54) is 0 Å². The summed E-state index contributed by atoms with van der Waals surface area (Å²) in [5.74, 6) is 0.144. The van der Waals surface area contributed by atoms with Crippen molar-refractivity contribution in [2.75, 3.05) is 6.61 Å². The number of benzene rings is 1. The molecule has 0 aromatic heterocycles. The minimum atomic E-state index is -1.20. The highest BCUT2D eigenvalue weighted by molar-refractivity contribution is 5.72. The fourth-order valence-electron chi connectivity index (χ4n) is 3.56. The largest absolute Gasteiger partial charge is 0.466 e. The molecule has 0 bridgehead atoms. The molecule has 3 atom stereocenters. The molecular formula is C20H30O4. The number of aliphatic hydroxyl groups excluding tert-OH is 1. The quantitative estimate of drug-likeness (QED) is 0.830. The number of hydrogen-bond donors (Lipinski definition) is 2. The third-order valence-corrected chi connectivity index (χ3v) is 5.27. The van der Waals surface area contributed by atoms with Crippen LogP contribution in [0.2, 0.25) is 0 Å². The zero-order chi connectivity index (χ0) is 18.0. The molecule has 2 rings (SSSR count). The van der Waals surface area contributed by atoms with E-state index >= 15 is 0 Å². The van der Waals surface area contributed by atoms with E-state index in [0.717, 1.165) is 17.5 Å². The van der Waals surface area contributed by atoms with Crippen LogP contribution in [0.15, 0.2) is 24.3 Å². The lowest BCUT2D eigenvalue weighted by atomic mass is 9.65. The summed E-state index contributed by atoms with van der Waals surface area (Å²) in [6.07, 6.45) is 1.49. The molecule has 2 N–H and O–H groups in total. The normalized spacial score (nSPS) is 27.8. The Morgan fingerprint density at radius 1 is 1.29 bits per heavy atom. The highest BCUT2D eigenvalue weighted by atomic mass is 16.5. The molecule has 1 aromatic carbocycles. The van der Waals surface area contributed by atoms with Crippen molar-refractivity contribution in [2.45, 2.75) is 65.1 Å². The van der Waals surface area contributed by atoms with Gasteiger partial charge in [0.25, 0.3) is 0 Å². The van der Waals surface area contributed by atoms with Gasteiger partial charge in [-0.05, 0) is 48.6 Å². The Balaban J connectivity index is 2.09. The summed E-state index contributed by atoms with van der Waals surface area (Å²) < 4.78 is 4.94. The molecular weight excluding hydrogens is 304 g/mol. The van der Waals surface area contributed by atoms with E-state index in [9.17, 15) is 15.0 Å². The van der Waals surface area contributed by atoms with Gasteiger partial charge in [-0.2, -0.15) is 0 Å². The lowest BCUT2D eigenvalue weighted by Crippen LogP contribution is -2.46. The first-order valence-corrected chi connectivity index (χ1v) is 8.82. The lowest BCUT2D eigenvalue weighted by molar-refractivity contribution is -0.142. The smallest absolute Gasteiger partial charge is 0.310 e. The standard InChI is InChI=1S/C20H30O4/c1-5-24-18(22)12-14-6-8-15(9-7-14)20(23)11-10-16(13-17(20)21)19(2,3)4/h6-9,16-17,21,23H,5,10-13H2,1-4H3/t16?,17-,20-/m1/s1. The van der Waals surface area contributed by atoms with Crippen LogP contribution in [-0.2, 0) is 21.6 Å². The lowest BCUT2D eigenvalue weighted by Gasteiger charge is -2.44. The third kappa shape index (κ3) is 4.17. The first-order valence-electron chi connectivity index (χ1n) is 8.82. The highest BCUT2D eigenvalue weighted by Gasteiger charge is 2.45. The van der Waals surface area contributed by atoms with Gasteiger partial charge < -0.3 is 14.9 Å². The minimum absolute atomic E-state index is 0.131. The van der Waals surface area contributed by atoms with Gasteiger partial charge in [0.2, 0.25) is 0 Å². The predicted octanol–water partition coefficient (Wildman–Crippen LogP) is 3.19. The van der Waals surface area contributed by atoms with Crippen LogP contribution in [0.1, 0.15) is 58.1 Å². The van der Waals surface area contributed by atoms with Crippen LogP contribution in [-0.4, -0.2) is 28.9 Å². The second kappa shape index (κ2) is 7.24. The van der Waals surface area contributed by atoms with Crippen molar-refractivity contribution in [3.63, 3.8) is 0 Å². The van der Waals surface area contributed by atoms with Gasteiger partial charge in [-0.25, -0.2) is 0 Å². The number of aliphatic hydroxyl groups is 2. The monoisotopic (exact) mass is 334 g/mol. The zero-order valence-corrected chi connectivity index (χ0v) is 15.2. The number of rotatable bonds is 4. The fourth-order valence-corrected chi connectivity index (χ4v) is 3.56. The van der Waals surface area contributed by atoms with Crippen molar-refractivity contribution in [1.82, 2.24) is 0 Å². The Kier molecular flexibility index (Phi) is 5.71. The Morgan fingerprint density at radius 2 is 1.92 bits per heavy atom. The van der Waals surface area contributed by atoms with E-state index in [4.69, 9.17) is 4.74 Å². The van der Waals surface area contributed by atoms with E-state index in [-0.39, 0.29) is 17.8 Å². The van der Waals surface area contributed by atoms with Crippen molar-refractivity contribution in [2.24, 2.45) is 11.3 Å². The number of esters is 1. The van der Waals surface area contributed by atoms with E-state index in [2.05, 4.69) is 20.8 Å². The fraction of sp³-hybridized carbons (Fsp3) is 0.650. The van der Waals surface area contributed by atoms with Gasteiger partial charge in [-0.3, -0.25) is 4.79 Å². The summed E-state index contributed by atoms with van der Waals surface area (Å²) in [6, 6.07) is 7.28. The maximum absolute atomic E-state index is 11.5. The van der Waals surface area contributed by atoms with E-state index < -0.39 is 11.7 Å². The predicted molar refractivity (Wildman–Crippen MR) is 93.5 cm³/mol. The average molecular weight is 334 g/mol. The van der Waals surface area contributed by atoms with E-state index in [0.29, 0.717) is 25.4 Å². The van der Waals surface area contributed by atoms with Crippen LogP contribution in [0.5, 0.6) is 0 Å². The first-order chi connectivity index (χ1) is 11.2. The molecule has 134 valence electrons. The number of ether oxygens (including phenoxy) is 1.